The maximum absolute atomic E-state index is 4.46. The maximum atomic E-state index is 4.46. The molecule has 1 aliphatic rings. The lowest BCUT2D eigenvalue weighted by Gasteiger charge is -2.34. The van der Waals surface area contributed by atoms with E-state index in [4.69, 9.17) is 0 Å². The molecule has 1 aliphatic heterocycles. The Kier molecular flexibility index (Phi) is 6.54. The van der Waals surface area contributed by atoms with E-state index in [1.54, 1.807) is 30.1 Å². The van der Waals surface area contributed by atoms with Crippen LogP contribution in [0.2, 0.25) is 0 Å². The summed E-state index contributed by atoms with van der Waals surface area (Å²) < 4.78 is 0. The third-order valence-corrected chi connectivity index (χ3v) is 5.46. The first-order valence-corrected chi connectivity index (χ1v) is 9.56. The van der Waals surface area contributed by atoms with Crippen LogP contribution in [0.3, 0.4) is 0 Å². The topological polar surface area (TPSA) is 70.1 Å². The Labute approximate surface area is 168 Å². The van der Waals surface area contributed by atoms with Gasteiger partial charge < -0.3 is 15.1 Å². The van der Waals surface area contributed by atoms with E-state index in [0.717, 1.165) is 59.9 Å². The van der Waals surface area contributed by atoms with Crippen molar-refractivity contribution < 1.29 is 0 Å². The molecule has 4 rings (SSSR count). The van der Waals surface area contributed by atoms with E-state index >= 15 is 0 Å². The number of anilines is 3. The van der Waals surface area contributed by atoms with Gasteiger partial charge in [0.2, 0.25) is 0 Å². The molecule has 0 spiro atoms. The number of hydrogen-bond donors (Lipinski definition) is 1. The third kappa shape index (κ3) is 4.71. The molecule has 142 valence electrons. The molecule has 0 saturated carbocycles. The molecule has 4 heterocycles. The minimum atomic E-state index is 0. The summed E-state index contributed by atoms with van der Waals surface area (Å²) in [4.78, 5) is 23.1. The number of rotatable bonds is 5. The normalized spacial score (nSPS) is 14.6. The van der Waals surface area contributed by atoms with Crippen LogP contribution in [0, 0.1) is 0 Å². The Morgan fingerprint density at radius 1 is 1.07 bits per heavy atom. The number of aromatic nitrogens is 4. The second-order valence-corrected chi connectivity index (χ2v) is 7.10. The molecule has 1 fully saturated rings. The van der Waals surface area contributed by atoms with Gasteiger partial charge in [0.05, 0.1) is 4.88 Å². The predicted octanol–water partition coefficient (Wildman–Crippen LogP) is 3.30. The Bertz CT molecular complexity index is 850. The van der Waals surface area contributed by atoms with Gasteiger partial charge in [-0.1, -0.05) is 18.3 Å². The minimum Gasteiger partial charge on any atom is -0.354 e. The zero-order valence-electron chi connectivity index (χ0n) is 15.1. The van der Waals surface area contributed by atoms with Crippen LogP contribution in [-0.2, 0) is 0 Å². The van der Waals surface area contributed by atoms with Crippen molar-refractivity contribution in [3.05, 3.63) is 43.1 Å². The summed E-state index contributed by atoms with van der Waals surface area (Å²) in [6.07, 6.45) is 7.06. The monoisotopic (exact) mass is 403 g/mol. The molecule has 0 aliphatic carbocycles. The Morgan fingerprint density at radius 2 is 1.85 bits per heavy atom. The molecule has 0 aromatic carbocycles. The molecule has 3 aromatic rings. The summed E-state index contributed by atoms with van der Waals surface area (Å²) in [7, 11) is 0. The smallest absolute Gasteiger partial charge is 0.188 e. The van der Waals surface area contributed by atoms with Gasteiger partial charge in [0.25, 0.3) is 0 Å². The molecule has 1 N–H and O–H groups in total. The van der Waals surface area contributed by atoms with Crippen LogP contribution < -0.4 is 10.2 Å². The van der Waals surface area contributed by atoms with E-state index < -0.39 is 0 Å². The molecular formula is C18H22ClN7S. The van der Waals surface area contributed by atoms with E-state index in [9.17, 15) is 0 Å². The van der Waals surface area contributed by atoms with Crippen molar-refractivity contribution in [3.8, 4) is 10.4 Å². The Hall–Kier alpha value is -2.29. The average Bonchev–Trinajstić information content (AvgIpc) is 3.17. The molecule has 0 atom stereocenters. The number of pyridine rings is 1. The van der Waals surface area contributed by atoms with Crippen LogP contribution in [0.15, 0.2) is 43.1 Å². The van der Waals surface area contributed by atoms with Crippen LogP contribution in [0.5, 0.6) is 0 Å². The molecule has 9 heteroatoms. The number of likely N-dealkylation sites (N-methyl/N-ethyl adjacent to an activating group) is 1. The van der Waals surface area contributed by atoms with E-state index in [1.165, 1.54) is 0 Å². The second kappa shape index (κ2) is 9.07. The lowest BCUT2D eigenvalue weighted by atomic mass is 10.2. The number of hydrogen-bond acceptors (Lipinski definition) is 8. The number of nitrogens with zero attached hydrogens (tertiary/aromatic N) is 6. The lowest BCUT2D eigenvalue weighted by molar-refractivity contribution is 0.270. The van der Waals surface area contributed by atoms with Gasteiger partial charge in [0, 0.05) is 50.8 Å². The lowest BCUT2D eigenvalue weighted by Crippen LogP contribution is -2.46. The van der Waals surface area contributed by atoms with Gasteiger partial charge in [-0.2, -0.15) is 0 Å². The van der Waals surface area contributed by atoms with E-state index in [-0.39, 0.29) is 12.4 Å². The summed E-state index contributed by atoms with van der Waals surface area (Å²) in [6.45, 7) is 7.45. The van der Waals surface area contributed by atoms with Gasteiger partial charge in [0.15, 0.2) is 5.13 Å². The number of piperazine rings is 1. The van der Waals surface area contributed by atoms with Gasteiger partial charge in [-0.05, 0) is 24.2 Å². The number of nitrogens with one attached hydrogen (secondary N) is 1. The fourth-order valence-electron chi connectivity index (χ4n) is 2.97. The van der Waals surface area contributed by atoms with Gasteiger partial charge in [-0.3, -0.25) is 4.98 Å². The average molecular weight is 404 g/mol. The second-order valence-electron chi connectivity index (χ2n) is 6.07. The summed E-state index contributed by atoms with van der Waals surface area (Å²) in [5.41, 5.74) is 1.11. The molecular weight excluding hydrogens is 382 g/mol. The van der Waals surface area contributed by atoms with Crippen LogP contribution in [0.1, 0.15) is 6.92 Å². The van der Waals surface area contributed by atoms with Crippen molar-refractivity contribution in [2.75, 3.05) is 42.9 Å². The molecule has 0 amide bonds. The molecule has 1 saturated heterocycles. The highest BCUT2D eigenvalue weighted by Gasteiger charge is 2.17. The quantitative estimate of drug-likeness (QED) is 0.700. The van der Waals surface area contributed by atoms with Gasteiger partial charge >= 0.3 is 0 Å². The first-order chi connectivity index (χ1) is 12.8. The van der Waals surface area contributed by atoms with Crippen molar-refractivity contribution in [2.24, 2.45) is 0 Å². The SMILES string of the molecule is CCN1CCN(c2cc(Nc3ncc(-c4ccncc4)s3)ncn2)CC1.Cl. The first kappa shape index (κ1) is 19.5. The largest absolute Gasteiger partial charge is 0.354 e. The predicted molar refractivity (Wildman–Crippen MR) is 112 cm³/mol. The van der Waals surface area contributed by atoms with Crippen LogP contribution in [0.25, 0.3) is 10.4 Å². The van der Waals surface area contributed by atoms with E-state index in [2.05, 4.69) is 42.0 Å². The molecule has 3 aromatic heterocycles. The summed E-state index contributed by atoms with van der Waals surface area (Å²) >= 11 is 1.59. The molecule has 7 nitrogen and oxygen atoms in total. The van der Waals surface area contributed by atoms with E-state index in [1.807, 2.05) is 24.4 Å². The first-order valence-electron chi connectivity index (χ1n) is 8.74. The fourth-order valence-corrected chi connectivity index (χ4v) is 3.80. The summed E-state index contributed by atoms with van der Waals surface area (Å²) in [5, 5.41) is 4.11. The highest BCUT2D eigenvalue weighted by molar-refractivity contribution is 7.18. The van der Waals surface area contributed by atoms with Crippen molar-refractivity contribution >= 4 is 40.5 Å². The van der Waals surface area contributed by atoms with Gasteiger partial charge in [-0.25, -0.2) is 15.0 Å². The molecule has 0 unspecified atom stereocenters. The summed E-state index contributed by atoms with van der Waals surface area (Å²) in [6, 6.07) is 5.96. The highest BCUT2D eigenvalue weighted by Crippen LogP contribution is 2.30. The van der Waals surface area contributed by atoms with Crippen LogP contribution in [-0.4, -0.2) is 57.6 Å². The van der Waals surface area contributed by atoms with Gasteiger partial charge in [0.1, 0.15) is 18.0 Å². The Morgan fingerprint density at radius 3 is 2.59 bits per heavy atom. The van der Waals surface area contributed by atoms with Crippen LogP contribution >= 0.6 is 23.7 Å². The molecule has 27 heavy (non-hydrogen) atoms. The molecule has 0 radical (unpaired) electrons. The Balaban J connectivity index is 0.00000210. The van der Waals surface area contributed by atoms with Crippen molar-refractivity contribution in [2.45, 2.75) is 6.92 Å². The number of thiazole rings is 1. The van der Waals surface area contributed by atoms with E-state index in [0.29, 0.717) is 0 Å². The van der Waals surface area contributed by atoms with Crippen molar-refractivity contribution in [1.29, 1.82) is 0 Å². The van der Waals surface area contributed by atoms with Crippen molar-refractivity contribution in [3.63, 3.8) is 0 Å². The zero-order chi connectivity index (χ0) is 17.8. The minimum absolute atomic E-state index is 0. The van der Waals surface area contributed by atoms with Crippen LogP contribution in [0.4, 0.5) is 16.8 Å². The standard InChI is InChI=1S/C18H21N7S.ClH/c1-2-24-7-9-25(10-8-24)17-11-16(21-13-22-17)23-18-20-12-15(26-18)14-3-5-19-6-4-14;/h3-6,11-13H,2,7-10H2,1H3,(H,20,21,22,23);1H. The number of halogens is 1. The maximum Gasteiger partial charge on any atom is 0.188 e. The van der Waals surface area contributed by atoms with Crippen molar-refractivity contribution in [1.82, 2.24) is 24.8 Å². The fraction of sp³-hybridized carbons (Fsp3) is 0.333. The zero-order valence-corrected chi connectivity index (χ0v) is 16.7. The molecule has 0 bridgehead atoms. The van der Waals surface area contributed by atoms with Gasteiger partial charge in [-0.15, -0.1) is 12.4 Å². The third-order valence-electron chi connectivity index (χ3n) is 4.50. The summed E-state index contributed by atoms with van der Waals surface area (Å²) in [5.74, 6) is 1.73. The highest BCUT2D eigenvalue weighted by atomic mass is 35.5.